The van der Waals surface area contributed by atoms with E-state index in [2.05, 4.69) is 46.1 Å². The third-order valence-electron chi connectivity index (χ3n) is 4.97. The van der Waals surface area contributed by atoms with Gasteiger partial charge in [-0.3, -0.25) is 9.79 Å². The van der Waals surface area contributed by atoms with Crippen LogP contribution in [0.15, 0.2) is 47.5 Å². The lowest BCUT2D eigenvalue weighted by Gasteiger charge is -2.26. The zero-order valence-electron chi connectivity index (χ0n) is 16.7. The number of nitrogens with one attached hydrogen (secondary N) is 3. The minimum atomic E-state index is 0.0555. The quantitative estimate of drug-likeness (QED) is 0.532. The number of carbonyl (C=O) groups excluding carboxylic acids is 1. The summed E-state index contributed by atoms with van der Waals surface area (Å²) in [5.74, 6) is 1.82. The number of guanidine groups is 1. The lowest BCUT2D eigenvalue weighted by molar-refractivity contribution is -0.116. The standard InChI is InChI=1S/C22H28N4O2/c1-15-8-9-20(28-3)16(12-15)10-11-24-22(23-2)25-14-17-13-21(27)26-19-7-5-4-6-18(17)19/h4-9,12,17H,10-11,13-14H2,1-3H3,(H,26,27)(H2,23,24,25). The molecule has 0 saturated carbocycles. The van der Waals surface area contributed by atoms with Gasteiger partial charge in [-0.1, -0.05) is 35.9 Å². The van der Waals surface area contributed by atoms with Gasteiger partial charge < -0.3 is 20.7 Å². The highest BCUT2D eigenvalue weighted by atomic mass is 16.5. The van der Waals surface area contributed by atoms with E-state index in [1.807, 2.05) is 24.3 Å². The summed E-state index contributed by atoms with van der Waals surface area (Å²) in [6.07, 6.45) is 1.31. The van der Waals surface area contributed by atoms with Gasteiger partial charge in [0.2, 0.25) is 5.91 Å². The van der Waals surface area contributed by atoms with Crippen molar-refractivity contribution in [3.8, 4) is 5.75 Å². The molecule has 3 N–H and O–H groups in total. The molecule has 28 heavy (non-hydrogen) atoms. The van der Waals surface area contributed by atoms with E-state index >= 15 is 0 Å². The van der Waals surface area contributed by atoms with E-state index in [4.69, 9.17) is 4.74 Å². The Labute approximate surface area is 166 Å². The summed E-state index contributed by atoms with van der Waals surface area (Å²) in [4.78, 5) is 16.3. The Hall–Kier alpha value is -3.02. The fourth-order valence-corrected chi connectivity index (χ4v) is 3.54. The number of rotatable bonds is 6. The molecule has 1 aliphatic heterocycles. The third kappa shape index (κ3) is 4.82. The summed E-state index contributed by atoms with van der Waals surface area (Å²) in [6, 6.07) is 14.2. The van der Waals surface area contributed by atoms with Crippen molar-refractivity contribution < 1.29 is 9.53 Å². The topological polar surface area (TPSA) is 74.8 Å². The second-order valence-electron chi connectivity index (χ2n) is 6.98. The van der Waals surface area contributed by atoms with Gasteiger partial charge in [-0.25, -0.2) is 0 Å². The van der Waals surface area contributed by atoms with Crippen LogP contribution in [-0.4, -0.2) is 39.1 Å². The maximum absolute atomic E-state index is 12.0. The molecule has 0 radical (unpaired) electrons. The first-order chi connectivity index (χ1) is 13.6. The average molecular weight is 380 g/mol. The van der Waals surface area contributed by atoms with Crippen LogP contribution in [0.5, 0.6) is 5.75 Å². The third-order valence-corrected chi connectivity index (χ3v) is 4.97. The number of para-hydroxylation sites is 1. The van der Waals surface area contributed by atoms with Gasteiger partial charge >= 0.3 is 0 Å². The highest BCUT2D eigenvalue weighted by Gasteiger charge is 2.24. The highest BCUT2D eigenvalue weighted by Crippen LogP contribution is 2.31. The number of aryl methyl sites for hydroxylation is 1. The number of aliphatic imine (C=N–C) groups is 1. The maximum atomic E-state index is 12.0. The number of nitrogens with zero attached hydrogens (tertiary/aromatic N) is 1. The lowest BCUT2D eigenvalue weighted by Crippen LogP contribution is -2.41. The average Bonchev–Trinajstić information content (AvgIpc) is 2.70. The predicted octanol–water partition coefficient (Wildman–Crippen LogP) is 2.84. The van der Waals surface area contributed by atoms with E-state index in [0.29, 0.717) is 13.0 Å². The number of hydrogen-bond donors (Lipinski definition) is 3. The zero-order valence-corrected chi connectivity index (χ0v) is 16.7. The Kier molecular flexibility index (Phi) is 6.53. The molecule has 6 heteroatoms. The number of ether oxygens (including phenoxy) is 1. The van der Waals surface area contributed by atoms with E-state index in [1.54, 1.807) is 14.2 Å². The largest absolute Gasteiger partial charge is 0.496 e. The predicted molar refractivity (Wildman–Crippen MR) is 113 cm³/mol. The summed E-state index contributed by atoms with van der Waals surface area (Å²) in [7, 11) is 3.45. The van der Waals surface area contributed by atoms with Crippen molar-refractivity contribution in [2.75, 3.05) is 32.6 Å². The molecule has 1 amide bonds. The van der Waals surface area contributed by atoms with Gasteiger partial charge in [-0.15, -0.1) is 0 Å². The van der Waals surface area contributed by atoms with E-state index in [1.165, 1.54) is 11.1 Å². The molecule has 0 aliphatic carbocycles. The second-order valence-corrected chi connectivity index (χ2v) is 6.98. The first-order valence-corrected chi connectivity index (χ1v) is 9.57. The normalized spacial score (nSPS) is 16.2. The van der Waals surface area contributed by atoms with E-state index < -0.39 is 0 Å². The number of carbonyl (C=O) groups is 1. The molecule has 2 aromatic carbocycles. The molecule has 3 rings (SSSR count). The molecule has 0 saturated heterocycles. The van der Waals surface area contributed by atoms with Crippen molar-refractivity contribution in [2.45, 2.75) is 25.7 Å². The fourth-order valence-electron chi connectivity index (χ4n) is 3.54. The fraction of sp³-hybridized carbons (Fsp3) is 0.364. The van der Waals surface area contributed by atoms with Crippen LogP contribution in [0.1, 0.15) is 29.0 Å². The highest BCUT2D eigenvalue weighted by molar-refractivity contribution is 5.94. The molecule has 2 aromatic rings. The van der Waals surface area contributed by atoms with Crippen molar-refractivity contribution in [3.63, 3.8) is 0 Å². The monoisotopic (exact) mass is 380 g/mol. The molecular weight excluding hydrogens is 352 g/mol. The first-order valence-electron chi connectivity index (χ1n) is 9.57. The molecule has 1 heterocycles. The molecule has 0 bridgehead atoms. The smallest absolute Gasteiger partial charge is 0.225 e. The molecular formula is C22H28N4O2. The first kappa shape index (κ1) is 19.7. The Bertz CT molecular complexity index is 863. The summed E-state index contributed by atoms with van der Waals surface area (Å²) in [5.41, 5.74) is 4.45. The van der Waals surface area contributed by atoms with Crippen molar-refractivity contribution >= 4 is 17.6 Å². The van der Waals surface area contributed by atoms with E-state index in [0.717, 1.165) is 35.9 Å². The molecule has 0 spiro atoms. The van der Waals surface area contributed by atoms with Gasteiger partial charge in [0.15, 0.2) is 5.96 Å². The maximum Gasteiger partial charge on any atom is 0.225 e. The molecule has 1 atom stereocenters. The van der Waals surface area contributed by atoms with Crippen molar-refractivity contribution in [1.82, 2.24) is 10.6 Å². The Morgan fingerprint density at radius 2 is 2.07 bits per heavy atom. The zero-order chi connectivity index (χ0) is 19.9. The van der Waals surface area contributed by atoms with Gasteiger partial charge in [0.25, 0.3) is 0 Å². The molecule has 1 aliphatic rings. The number of benzene rings is 2. The number of amides is 1. The lowest BCUT2D eigenvalue weighted by atomic mass is 9.90. The summed E-state index contributed by atoms with van der Waals surface area (Å²) < 4.78 is 5.44. The SMILES string of the molecule is CN=C(NCCc1cc(C)ccc1OC)NCC1CC(=O)Nc2ccccc21. The van der Waals surface area contributed by atoms with Crippen molar-refractivity contribution in [2.24, 2.45) is 4.99 Å². The number of anilines is 1. The van der Waals surface area contributed by atoms with Gasteiger partial charge in [-0.05, 0) is 36.6 Å². The van der Waals surface area contributed by atoms with Crippen LogP contribution in [0.3, 0.4) is 0 Å². The second kappa shape index (κ2) is 9.26. The molecule has 6 nitrogen and oxygen atoms in total. The van der Waals surface area contributed by atoms with Crippen LogP contribution in [0.25, 0.3) is 0 Å². The molecule has 0 aromatic heterocycles. The summed E-state index contributed by atoms with van der Waals surface area (Å²) in [5, 5.41) is 9.64. The van der Waals surface area contributed by atoms with Crippen LogP contribution in [0.4, 0.5) is 5.69 Å². The van der Waals surface area contributed by atoms with Crippen LogP contribution in [0.2, 0.25) is 0 Å². The molecule has 1 unspecified atom stereocenters. The Morgan fingerprint density at radius 1 is 1.25 bits per heavy atom. The van der Waals surface area contributed by atoms with E-state index in [9.17, 15) is 4.79 Å². The van der Waals surface area contributed by atoms with Crippen LogP contribution < -0.4 is 20.7 Å². The Balaban J connectivity index is 1.55. The molecule has 0 fully saturated rings. The van der Waals surface area contributed by atoms with Gasteiger partial charge in [-0.2, -0.15) is 0 Å². The minimum absolute atomic E-state index is 0.0555. The molecule has 148 valence electrons. The summed E-state index contributed by atoms with van der Waals surface area (Å²) >= 11 is 0. The summed E-state index contributed by atoms with van der Waals surface area (Å²) in [6.45, 7) is 3.47. The number of hydrogen-bond acceptors (Lipinski definition) is 3. The van der Waals surface area contributed by atoms with Crippen LogP contribution >= 0.6 is 0 Å². The van der Waals surface area contributed by atoms with Gasteiger partial charge in [0.05, 0.1) is 7.11 Å². The van der Waals surface area contributed by atoms with E-state index in [-0.39, 0.29) is 11.8 Å². The van der Waals surface area contributed by atoms with Gasteiger partial charge in [0, 0.05) is 38.2 Å². The van der Waals surface area contributed by atoms with Gasteiger partial charge in [0.1, 0.15) is 5.75 Å². The van der Waals surface area contributed by atoms with Crippen LogP contribution in [-0.2, 0) is 11.2 Å². The van der Waals surface area contributed by atoms with Crippen molar-refractivity contribution in [3.05, 3.63) is 59.2 Å². The minimum Gasteiger partial charge on any atom is -0.496 e. The number of methoxy groups -OCH3 is 1. The Morgan fingerprint density at radius 3 is 2.86 bits per heavy atom. The van der Waals surface area contributed by atoms with Crippen LogP contribution in [0, 0.1) is 6.92 Å². The number of fused-ring (bicyclic) bond motifs is 1. The van der Waals surface area contributed by atoms with Crippen molar-refractivity contribution in [1.29, 1.82) is 0 Å².